The minimum Gasteiger partial charge on any atom is -0.385 e. The summed E-state index contributed by atoms with van der Waals surface area (Å²) >= 11 is 0. The molecule has 2 N–H and O–H groups in total. The van der Waals surface area contributed by atoms with Gasteiger partial charge in [-0.25, -0.2) is 4.98 Å². The number of aryl methyl sites for hydroxylation is 1. The summed E-state index contributed by atoms with van der Waals surface area (Å²) in [4.78, 5) is 4.53. The zero-order chi connectivity index (χ0) is 14.6. The number of H-pyrrole nitrogens is 1. The Labute approximate surface area is 121 Å². The molecule has 0 radical (unpaired) electrons. The zero-order valence-corrected chi connectivity index (χ0v) is 12.8. The first-order valence-corrected chi connectivity index (χ1v) is 7.23. The predicted octanol–water partition coefficient (Wildman–Crippen LogP) is 3.32. The van der Waals surface area contributed by atoms with Crippen LogP contribution in [-0.2, 0) is 18.3 Å². The van der Waals surface area contributed by atoms with Crippen LogP contribution in [0.15, 0.2) is 24.3 Å². The van der Waals surface area contributed by atoms with Gasteiger partial charge < -0.3 is 5.32 Å². The van der Waals surface area contributed by atoms with Gasteiger partial charge in [-0.3, -0.25) is 5.10 Å². The average Bonchev–Trinajstić information content (AvgIpc) is 2.88. The Kier molecular flexibility index (Phi) is 4.42. The Morgan fingerprint density at radius 3 is 2.40 bits per heavy atom. The maximum Gasteiger partial charge on any atom is 0.155 e. The highest BCUT2D eigenvalue weighted by atomic mass is 15.2. The van der Waals surface area contributed by atoms with Gasteiger partial charge in [0.1, 0.15) is 5.82 Å². The molecule has 1 aromatic carbocycles. The lowest BCUT2D eigenvalue weighted by molar-refractivity contribution is 0.547. The van der Waals surface area contributed by atoms with Crippen molar-refractivity contribution < 1.29 is 0 Å². The average molecular weight is 272 g/mol. The van der Waals surface area contributed by atoms with Crippen molar-refractivity contribution in [2.24, 2.45) is 0 Å². The Hall–Kier alpha value is -1.84. The Bertz CT molecular complexity index is 534. The molecule has 0 amide bonds. The molecular weight excluding hydrogens is 248 g/mol. The summed E-state index contributed by atoms with van der Waals surface area (Å²) in [6.45, 7) is 9.37. The van der Waals surface area contributed by atoms with E-state index in [9.17, 15) is 0 Å². The molecule has 0 fully saturated rings. The summed E-state index contributed by atoms with van der Waals surface area (Å²) < 4.78 is 0. The van der Waals surface area contributed by atoms with Gasteiger partial charge in [0.2, 0.25) is 0 Å². The van der Waals surface area contributed by atoms with Crippen molar-refractivity contribution in [3.8, 4) is 0 Å². The van der Waals surface area contributed by atoms with Crippen molar-refractivity contribution in [2.45, 2.75) is 46.0 Å². The van der Waals surface area contributed by atoms with Crippen molar-refractivity contribution in [3.05, 3.63) is 41.5 Å². The normalized spacial score (nSPS) is 11.6. The lowest BCUT2D eigenvalue weighted by atomic mass is 9.96. The second kappa shape index (κ2) is 6.07. The fourth-order valence-electron chi connectivity index (χ4n) is 1.93. The molecule has 2 rings (SSSR count). The molecule has 0 aliphatic carbocycles. The van der Waals surface area contributed by atoms with Gasteiger partial charge in [0.05, 0.1) is 0 Å². The van der Waals surface area contributed by atoms with E-state index < -0.39 is 0 Å². The quantitative estimate of drug-likeness (QED) is 0.878. The lowest BCUT2D eigenvalue weighted by Gasteiger charge is -2.11. The summed E-state index contributed by atoms with van der Waals surface area (Å²) in [5.74, 6) is 1.81. The Balaban J connectivity index is 1.84. The third-order valence-corrected chi connectivity index (χ3v) is 3.26. The van der Waals surface area contributed by atoms with E-state index in [1.807, 2.05) is 0 Å². The van der Waals surface area contributed by atoms with E-state index in [4.69, 9.17) is 0 Å². The first kappa shape index (κ1) is 14.6. The third-order valence-electron chi connectivity index (χ3n) is 3.26. The molecule has 0 aliphatic rings. The number of aromatic nitrogens is 3. The molecule has 2 aromatic rings. The molecule has 108 valence electrons. The lowest BCUT2D eigenvalue weighted by Crippen LogP contribution is -2.13. The summed E-state index contributed by atoms with van der Waals surface area (Å²) in [5.41, 5.74) is 2.51. The highest BCUT2D eigenvalue weighted by molar-refractivity contribution is 5.44. The van der Waals surface area contributed by atoms with Gasteiger partial charge in [0.25, 0.3) is 0 Å². The van der Waals surface area contributed by atoms with Crippen LogP contribution < -0.4 is 5.32 Å². The second-order valence-electron chi connectivity index (χ2n) is 6.08. The number of anilines is 1. The highest BCUT2D eigenvalue weighted by Crippen LogP contribution is 2.17. The van der Waals surface area contributed by atoms with Crippen LogP contribution in [0.5, 0.6) is 0 Å². The Morgan fingerprint density at radius 1 is 1.15 bits per heavy atom. The van der Waals surface area contributed by atoms with Crippen LogP contribution in [0.3, 0.4) is 0 Å². The number of rotatable bonds is 5. The fraction of sp³-hybridized carbons (Fsp3) is 0.500. The maximum atomic E-state index is 4.53. The van der Waals surface area contributed by atoms with Crippen LogP contribution in [0.25, 0.3) is 0 Å². The summed E-state index contributed by atoms with van der Waals surface area (Å²) in [6.07, 6.45) is 1.92. The van der Waals surface area contributed by atoms with Crippen molar-refractivity contribution in [1.82, 2.24) is 15.2 Å². The summed E-state index contributed by atoms with van der Waals surface area (Å²) in [5, 5.41) is 10.7. The van der Waals surface area contributed by atoms with Crippen LogP contribution in [0, 0.1) is 0 Å². The number of nitrogens with one attached hydrogen (secondary N) is 2. The van der Waals surface area contributed by atoms with Crippen molar-refractivity contribution >= 4 is 5.69 Å². The molecule has 0 saturated heterocycles. The fourth-order valence-corrected chi connectivity index (χ4v) is 1.93. The smallest absolute Gasteiger partial charge is 0.155 e. The molecular formula is C16H24N4. The van der Waals surface area contributed by atoms with Gasteiger partial charge in [-0.2, -0.15) is 5.10 Å². The predicted molar refractivity (Wildman–Crippen MR) is 83.1 cm³/mol. The topological polar surface area (TPSA) is 53.6 Å². The van der Waals surface area contributed by atoms with E-state index in [0.717, 1.165) is 36.7 Å². The zero-order valence-electron chi connectivity index (χ0n) is 12.8. The van der Waals surface area contributed by atoms with E-state index in [1.54, 1.807) is 0 Å². The first-order chi connectivity index (χ1) is 9.49. The molecule has 4 nitrogen and oxygen atoms in total. The third kappa shape index (κ3) is 3.83. The minimum atomic E-state index is -0.00182. The van der Waals surface area contributed by atoms with E-state index in [1.165, 1.54) is 5.56 Å². The van der Waals surface area contributed by atoms with Gasteiger partial charge in [-0.15, -0.1) is 0 Å². The highest BCUT2D eigenvalue weighted by Gasteiger charge is 2.18. The molecule has 1 heterocycles. The number of nitrogens with zero attached hydrogens (tertiary/aromatic N) is 2. The summed E-state index contributed by atoms with van der Waals surface area (Å²) in [6, 6.07) is 8.57. The SMILES string of the molecule is CCc1ccc(NCCc2nc(C(C)(C)C)n[nH]2)cc1. The van der Waals surface area contributed by atoms with Crippen molar-refractivity contribution in [2.75, 3.05) is 11.9 Å². The Morgan fingerprint density at radius 2 is 1.85 bits per heavy atom. The van der Waals surface area contributed by atoms with Gasteiger partial charge >= 0.3 is 0 Å². The molecule has 0 spiro atoms. The second-order valence-corrected chi connectivity index (χ2v) is 6.08. The number of aromatic amines is 1. The molecule has 0 aliphatic heterocycles. The molecule has 4 heteroatoms. The molecule has 20 heavy (non-hydrogen) atoms. The number of hydrogen-bond donors (Lipinski definition) is 2. The van der Waals surface area contributed by atoms with Gasteiger partial charge in [-0.05, 0) is 24.1 Å². The monoisotopic (exact) mass is 272 g/mol. The van der Waals surface area contributed by atoms with Crippen molar-refractivity contribution in [1.29, 1.82) is 0 Å². The molecule has 0 atom stereocenters. The first-order valence-electron chi connectivity index (χ1n) is 7.23. The van der Waals surface area contributed by atoms with E-state index >= 15 is 0 Å². The van der Waals surface area contributed by atoms with Gasteiger partial charge in [-0.1, -0.05) is 39.8 Å². The van der Waals surface area contributed by atoms with Gasteiger partial charge in [0, 0.05) is 24.1 Å². The molecule has 0 bridgehead atoms. The van der Waals surface area contributed by atoms with Gasteiger partial charge in [0.15, 0.2) is 5.82 Å². The van der Waals surface area contributed by atoms with Crippen LogP contribution in [0.2, 0.25) is 0 Å². The van der Waals surface area contributed by atoms with E-state index in [-0.39, 0.29) is 5.41 Å². The number of benzene rings is 1. The van der Waals surface area contributed by atoms with Crippen LogP contribution >= 0.6 is 0 Å². The van der Waals surface area contributed by atoms with Crippen LogP contribution in [0.4, 0.5) is 5.69 Å². The van der Waals surface area contributed by atoms with Crippen LogP contribution in [-0.4, -0.2) is 21.7 Å². The van der Waals surface area contributed by atoms with Crippen LogP contribution in [0.1, 0.15) is 44.9 Å². The van der Waals surface area contributed by atoms with Crippen molar-refractivity contribution in [3.63, 3.8) is 0 Å². The van der Waals surface area contributed by atoms with E-state index in [0.29, 0.717) is 0 Å². The minimum absolute atomic E-state index is 0.00182. The molecule has 0 unspecified atom stereocenters. The van der Waals surface area contributed by atoms with E-state index in [2.05, 4.69) is 72.5 Å². The molecule has 0 saturated carbocycles. The maximum absolute atomic E-state index is 4.53. The molecule has 1 aromatic heterocycles. The summed E-state index contributed by atoms with van der Waals surface area (Å²) in [7, 11) is 0. The standard InChI is InChI=1S/C16H24N4/c1-5-12-6-8-13(9-7-12)17-11-10-14-18-15(20-19-14)16(2,3)4/h6-9,17H,5,10-11H2,1-4H3,(H,18,19,20). The largest absolute Gasteiger partial charge is 0.385 e. The number of hydrogen-bond acceptors (Lipinski definition) is 3.